The quantitative estimate of drug-likeness (QED) is 0.801. The molecule has 0 heterocycles. The van der Waals surface area contributed by atoms with E-state index in [1.165, 1.54) is 24.8 Å². The van der Waals surface area contributed by atoms with Crippen molar-refractivity contribution in [1.82, 2.24) is 5.32 Å². The van der Waals surface area contributed by atoms with Crippen molar-refractivity contribution in [3.05, 3.63) is 34.9 Å². The second-order valence-electron chi connectivity index (χ2n) is 7.05. The van der Waals surface area contributed by atoms with E-state index in [4.69, 9.17) is 11.6 Å². The molecule has 1 fully saturated rings. The topological polar surface area (TPSA) is 12.0 Å². The van der Waals surface area contributed by atoms with Crippen LogP contribution in [0.15, 0.2) is 24.3 Å². The summed E-state index contributed by atoms with van der Waals surface area (Å²) in [7, 11) is 0. The van der Waals surface area contributed by atoms with E-state index in [0.717, 1.165) is 10.9 Å². The third-order valence-electron chi connectivity index (χ3n) is 4.22. The van der Waals surface area contributed by atoms with Crippen LogP contribution in [0.3, 0.4) is 0 Å². The normalized spacial score (nSPS) is 28.1. The Morgan fingerprint density at radius 2 is 2.05 bits per heavy atom. The van der Waals surface area contributed by atoms with E-state index in [1.54, 1.807) is 0 Å². The third kappa shape index (κ3) is 4.22. The number of nitrogens with one attached hydrogen (secondary N) is 1. The molecule has 1 saturated carbocycles. The van der Waals surface area contributed by atoms with E-state index in [0.29, 0.717) is 17.5 Å². The molecule has 0 amide bonds. The Hall–Kier alpha value is -0.530. The summed E-state index contributed by atoms with van der Waals surface area (Å²) in [5.74, 6) is 0.813. The van der Waals surface area contributed by atoms with Gasteiger partial charge in [0, 0.05) is 17.1 Å². The average molecular weight is 280 g/mol. The lowest BCUT2D eigenvalue weighted by Crippen LogP contribution is -2.41. The van der Waals surface area contributed by atoms with Crippen molar-refractivity contribution in [3.8, 4) is 0 Å². The molecule has 19 heavy (non-hydrogen) atoms. The summed E-state index contributed by atoms with van der Waals surface area (Å²) < 4.78 is 0. The lowest BCUT2D eigenvalue weighted by Gasteiger charge is -2.40. The Labute approximate surface area is 122 Å². The molecule has 2 heteroatoms. The molecule has 3 atom stereocenters. The molecule has 0 saturated heterocycles. The van der Waals surface area contributed by atoms with Gasteiger partial charge in [-0.05, 0) is 55.2 Å². The SMILES string of the molecule is CC1CC(N[C@H](C)c2cccc(Cl)c2)CC(C)(C)C1. The third-order valence-corrected chi connectivity index (χ3v) is 4.46. The van der Waals surface area contributed by atoms with Gasteiger partial charge in [0.2, 0.25) is 0 Å². The van der Waals surface area contributed by atoms with E-state index in [9.17, 15) is 0 Å². The largest absolute Gasteiger partial charge is 0.307 e. The molecule has 0 aromatic heterocycles. The van der Waals surface area contributed by atoms with E-state index >= 15 is 0 Å². The predicted octanol–water partition coefficient (Wildman–Crippen LogP) is 5.21. The maximum absolute atomic E-state index is 6.07. The first kappa shape index (κ1) is 14.9. The lowest BCUT2D eigenvalue weighted by molar-refractivity contribution is 0.145. The van der Waals surface area contributed by atoms with Crippen LogP contribution in [0.1, 0.15) is 58.6 Å². The maximum atomic E-state index is 6.07. The van der Waals surface area contributed by atoms with Gasteiger partial charge in [-0.1, -0.05) is 44.5 Å². The van der Waals surface area contributed by atoms with Gasteiger partial charge in [0.05, 0.1) is 0 Å². The van der Waals surface area contributed by atoms with Crippen molar-refractivity contribution in [2.24, 2.45) is 11.3 Å². The first-order valence-electron chi connectivity index (χ1n) is 7.37. The maximum Gasteiger partial charge on any atom is 0.0409 e. The average Bonchev–Trinajstić information content (AvgIpc) is 2.25. The molecular weight excluding hydrogens is 254 g/mol. The van der Waals surface area contributed by atoms with Gasteiger partial charge >= 0.3 is 0 Å². The molecule has 0 bridgehead atoms. The first-order valence-corrected chi connectivity index (χ1v) is 7.75. The monoisotopic (exact) mass is 279 g/mol. The molecule has 0 radical (unpaired) electrons. The molecule has 1 aromatic carbocycles. The summed E-state index contributed by atoms with van der Waals surface area (Å²) in [6.45, 7) is 9.39. The number of halogens is 1. The molecule has 0 aliphatic heterocycles. The summed E-state index contributed by atoms with van der Waals surface area (Å²) in [5, 5.41) is 4.61. The fourth-order valence-electron chi connectivity index (χ4n) is 3.70. The lowest BCUT2D eigenvalue weighted by atomic mass is 9.70. The van der Waals surface area contributed by atoms with Crippen molar-refractivity contribution >= 4 is 11.6 Å². The molecule has 1 aromatic rings. The Bertz CT molecular complexity index is 427. The second kappa shape index (κ2) is 5.85. The number of rotatable bonds is 3. The first-order chi connectivity index (χ1) is 8.85. The number of hydrogen-bond donors (Lipinski definition) is 1. The van der Waals surface area contributed by atoms with Gasteiger partial charge in [0.15, 0.2) is 0 Å². The number of hydrogen-bond acceptors (Lipinski definition) is 1. The fraction of sp³-hybridized carbons (Fsp3) is 0.647. The van der Waals surface area contributed by atoms with Crippen LogP contribution in [0.25, 0.3) is 0 Å². The summed E-state index contributed by atoms with van der Waals surface area (Å²) in [4.78, 5) is 0. The summed E-state index contributed by atoms with van der Waals surface area (Å²) >= 11 is 6.07. The highest BCUT2D eigenvalue weighted by atomic mass is 35.5. The molecule has 1 aliphatic carbocycles. The molecule has 1 N–H and O–H groups in total. The minimum atomic E-state index is 0.366. The zero-order valence-corrected chi connectivity index (χ0v) is 13.3. The van der Waals surface area contributed by atoms with E-state index in [-0.39, 0.29) is 0 Å². The Morgan fingerprint density at radius 1 is 1.32 bits per heavy atom. The van der Waals surface area contributed by atoms with Crippen molar-refractivity contribution < 1.29 is 0 Å². The highest BCUT2D eigenvalue weighted by Crippen LogP contribution is 2.39. The molecule has 106 valence electrons. The minimum Gasteiger partial charge on any atom is -0.307 e. The standard InChI is InChI=1S/C17H26ClN/c1-12-8-16(11-17(3,4)10-12)19-13(2)14-6-5-7-15(18)9-14/h5-7,9,12-13,16,19H,8,10-11H2,1-4H3/t12?,13-,16?/m1/s1. The summed E-state index contributed by atoms with van der Waals surface area (Å²) in [5.41, 5.74) is 1.74. The van der Waals surface area contributed by atoms with E-state index in [1.807, 2.05) is 12.1 Å². The molecule has 1 nitrogen and oxygen atoms in total. The highest BCUT2D eigenvalue weighted by Gasteiger charge is 2.32. The molecule has 2 rings (SSSR count). The van der Waals surface area contributed by atoms with Gasteiger partial charge in [0.1, 0.15) is 0 Å². The van der Waals surface area contributed by atoms with E-state index < -0.39 is 0 Å². The van der Waals surface area contributed by atoms with Gasteiger partial charge in [-0.15, -0.1) is 0 Å². The van der Waals surface area contributed by atoms with Crippen molar-refractivity contribution in [2.45, 2.75) is 59.0 Å². The highest BCUT2D eigenvalue weighted by molar-refractivity contribution is 6.30. The smallest absolute Gasteiger partial charge is 0.0409 e. The fourth-order valence-corrected chi connectivity index (χ4v) is 3.90. The second-order valence-corrected chi connectivity index (χ2v) is 7.49. The Morgan fingerprint density at radius 3 is 2.68 bits per heavy atom. The van der Waals surface area contributed by atoms with Crippen molar-refractivity contribution in [2.75, 3.05) is 0 Å². The van der Waals surface area contributed by atoms with Gasteiger partial charge < -0.3 is 5.32 Å². The summed E-state index contributed by atoms with van der Waals surface area (Å²) in [6, 6.07) is 9.17. The molecule has 1 aliphatic rings. The van der Waals surface area contributed by atoms with Crippen LogP contribution < -0.4 is 5.32 Å². The Kier molecular flexibility index (Phi) is 4.58. The van der Waals surface area contributed by atoms with Crippen LogP contribution in [-0.4, -0.2) is 6.04 Å². The van der Waals surface area contributed by atoms with Crippen LogP contribution in [-0.2, 0) is 0 Å². The molecular formula is C17H26ClN. The van der Waals surface area contributed by atoms with Gasteiger partial charge in [-0.25, -0.2) is 0 Å². The van der Waals surface area contributed by atoms with Gasteiger partial charge in [-0.2, -0.15) is 0 Å². The van der Waals surface area contributed by atoms with Crippen LogP contribution >= 0.6 is 11.6 Å². The summed E-state index contributed by atoms with van der Waals surface area (Å²) in [6.07, 6.45) is 3.90. The Balaban J connectivity index is 2.00. The van der Waals surface area contributed by atoms with E-state index in [2.05, 4.69) is 45.1 Å². The predicted molar refractivity (Wildman–Crippen MR) is 83.6 cm³/mol. The van der Waals surface area contributed by atoms with Crippen molar-refractivity contribution in [3.63, 3.8) is 0 Å². The van der Waals surface area contributed by atoms with Crippen LogP contribution in [0.4, 0.5) is 0 Å². The van der Waals surface area contributed by atoms with Crippen molar-refractivity contribution in [1.29, 1.82) is 0 Å². The van der Waals surface area contributed by atoms with Crippen LogP contribution in [0.2, 0.25) is 5.02 Å². The zero-order valence-electron chi connectivity index (χ0n) is 12.5. The van der Waals surface area contributed by atoms with Crippen LogP contribution in [0, 0.1) is 11.3 Å². The molecule has 0 spiro atoms. The van der Waals surface area contributed by atoms with Gasteiger partial charge in [-0.3, -0.25) is 0 Å². The zero-order chi connectivity index (χ0) is 14.0. The van der Waals surface area contributed by atoms with Gasteiger partial charge in [0.25, 0.3) is 0 Å². The number of benzene rings is 1. The molecule has 2 unspecified atom stereocenters. The minimum absolute atomic E-state index is 0.366. The van der Waals surface area contributed by atoms with Crippen LogP contribution in [0.5, 0.6) is 0 Å².